The van der Waals surface area contributed by atoms with Gasteiger partial charge in [-0.15, -0.1) is 0 Å². The number of hydrogen-bond acceptors (Lipinski definition) is 8. The molecular weight excluding hydrogens is 572 g/mol. The van der Waals surface area contributed by atoms with E-state index in [4.69, 9.17) is 16.3 Å². The molecule has 3 atom stereocenters. The first kappa shape index (κ1) is 26.3. The molecule has 0 bridgehead atoms. The van der Waals surface area contributed by atoms with Crippen molar-refractivity contribution in [3.8, 4) is 5.75 Å². The first-order chi connectivity index (χ1) is 19.4. The van der Waals surface area contributed by atoms with Crippen LogP contribution in [0.3, 0.4) is 0 Å². The van der Waals surface area contributed by atoms with E-state index in [9.17, 15) is 19.2 Å². The SMILES string of the molecule is COc1ccc(N2C(=O)C3Sc4c(sc(=O)n4CC(=O)Nc4ccc(Cl)cc4)[C@H](c4cccnc4)C3C2=O)cc1. The molecule has 202 valence electrons. The topological polar surface area (TPSA) is 111 Å². The highest BCUT2D eigenvalue weighted by Gasteiger charge is 2.56. The Hall–Kier alpha value is -3.93. The number of anilines is 2. The lowest BCUT2D eigenvalue weighted by molar-refractivity contribution is -0.122. The van der Waals surface area contributed by atoms with E-state index < -0.39 is 23.0 Å². The molecule has 2 unspecified atom stereocenters. The summed E-state index contributed by atoms with van der Waals surface area (Å²) in [6.07, 6.45) is 3.27. The van der Waals surface area contributed by atoms with E-state index in [0.717, 1.165) is 28.7 Å². The number of carbonyl (C=O) groups excluding carboxylic acids is 3. The van der Waals surface area contributed by atoms with E-state index in [-0.39, 0.29) is 23.2 Å². The van der Waals surface area contributed by atoms with E-state index in [1.807, 2.05) is 6.07 Å². The Labute approximate surface area is 241 Å². The Bertz CT molecular complexity index is 1670. The second kappa shape index (κ2) is 10.6. The predicted molar refractivity (Wildman–Crippen MR) is 153 cm³/mol. The number of nitrogens with one attached hydrogen (secondary N) is 1. The number of methoxy groups -OCH3 is 1. The van der Waals surface area contributed by atoms with E-state index in [2.05, 4.69) is 10.3 Å². The number of hydrogen-bond donors (Lipinski definition) is 1. The van der Waals surface area contributed by atoms with Crippen LogP contribution in [0, 0.1) is 5.92 Å². The van der Waals surface area contributed by atoms with Crippen LogP contribution in [0.15, 0.2) is 82.9 Å². The molecule has 9 nitrogen and oxygen atoms in total. The standard InChI is InChI=1S/C28H21ClN4O5S2/c1-38-19-10-8-18(9-11-19)33-25(35)22-21(15-3-2-12-30-13-15)24-27(39-23(22)26(33)36)32(28(37)40-24)14-20(34)31-17-6-4-16(29)5-7-17/h2-13,21-23H,14H2,1H3,(H,31,34)/t21-,22?,23?/m1/s1. The number of fused-ring (bicyclic) bond motifs is 2. The number of thiazole rings is 1. The highest BCUT2D eigenvalue weighted by molar-refractivity contribution is 8.00. The lowest BCUT2D eigenvalue weighted by Crippen LogP contribution is -2.33. The molecule has 2 aromatic carbocycles. The van der Waals surface area contributed by atoms with Gasteiger partial charge in [-0.1, -0.05) is 40.8 Å². The maximum absolute atomic E-state index is 13.9. The van der Waals surface area contributed by atoms with Crippen molar-refractivity contribution in [3.05, 3.63) is 98.2 Å². The molecule has 2 aliphatic rings. The van der Waals surface area contributed by atoms with Gasteiger partial charge < -0.3 is 10.1 Å². The third-order valence-electron chi connectivity index (χ3n) is 6.85. The van der Waals surface area contributed by atoms with Gasteiger partial charge in [-0.2, -0.15) is 0 Å². The molecule has 4 aromatic rings. The van der Waals surface area contributed by atoms with E-state index in [1.165, 1.54) is 9.47 Å². The number of imide groups is 1. The van der Waals surface area contributed by atoms with Crippen LogP contribution >= 0.6 is 34.7 Å². The largest absolute Gasteiger partial charge is 0.497 e. The van der Waals surface area contributed by atoms with Gasteiger partial charge in [-0.3, -0.25) is 28.7 Å². The number of halogens is 1. The Morgan fingerprint density at radius 1 is 1.05 bits per heavy atom. The fraction of sp³-hybridized carbons (Fsp3) is 0.179. The first-order valence-electron chi connectivity index (χ1n) is 12.2. The summed E-state index contributed by atoms with van der Waals surface area (Å²) in [6.45, 7) is -0.248. The van der Waals surface area contributed by atoms with Crippen LogP contribution in [-0.4, -0.2) is 39.6 Å². The third-order valence-corrected chi connectivity index (χ3v) is 9.71. The van der Waals surface area contributed by atoms with Crippen LogP contribution in [0.5, 0.6) is 5.75 Å². The van der Waals surface area contributed by atoms with Gasteiger partial charge in [0.1, 0.15) is 17.5 Å². The molecule has 4 heterocycles. The Morgan fingerprint density at radius 2 is 1.80 bits per heavy atom. The summed E-state index contributed by atoms with van der Waals surface area (Å²) in [6, 6.07) is 17.0. The first-order valence-corrected chi connectivity index (χ1v) is 14.3. The highest BCUT2D eigenvalue weighted by atomic mass is 35.5. The van der Waals surface area contributed by atoms with Crippen molar-refractivity contribution in [2.24, 2.45) is 5.92 Å². The van der Waals surface area contributed by atoms with Gasteiger partial charge >= 0.3 is 4.87 Å². The zero-order valence-corrected chi connectivity index (χ0v) is 23.3. The van der Waals surface area contributed by atoms with Gasteiger partial charge in [0.05, 0.1) is 23.7 Å². The number of amides is 3. The molecule has 6 rings (SSSR count). The maximum atomic E-state index is 13.9. The molecule has 2 aliphatic heterocycles. The van der Waals surface area contributed by atoms with Crippen molar-refractivity contribution in [3.63, 3.8) is 0 Å². The van der Waals surface area contributed by atoms with Gasteiger partial charge in [0.15, 0.2) is 0 Å². The van der Waals surface area contributed by atoms with Crippen molar-refractivity contribution in [1.82, 2.24) is 9.55 Å². The molecule has 0 aliphatic carbocycles. The third kappa shape index (κ3) is 4.59. The van der Waals surface area contributed by atoms with Crippen LogP contribution in [0.4, 0.5) is 11.4 Å². The number of rotatable bonds is 6. The van der Waals surface area contributed by atoms with Crippen LogP contribution < -0.4 is 19.8 Å². The molecule has 40 heavy (non-hydrogen) atoms. The second-order valence-electron chi connectivity index (χ2n) is 9.22. The highest BCUT2D eigenvalue weighted by Crippen LogP contribution is 2.53. The van der Waals surface area contributed by atoms with Gasteiger partial charge in [0.25, 0.3) is 0 Å². The average Bonchev–Trinajstić information content (AvgIpc) is 3.41. The van der Waals surface area contributed by atoms with Crippen molar-refractivity contribution in [2.75, 3.05) is 17.3 Å². The number of pyridine rings is 1. The van der Waals surface area contributed by atoms with Crippen molar-refractivity contribution >= 4 is 63.8 Å². The monoisotopic (exact) mass is 592 g/mol. The molecule has 12 heteroatoms. The van der Waals surface area contributed by atoms with E-state index in [0.29, 0.717) is 32.1 Å². The van der Waals surface area contributed by atoms with Crippen LogP contribution in [0.25, 0.3) is 0 Å². The summed E-state index contributed by atoms with van der Waals surface area (Å²) in [4.78, 5) is 59.5. The number of carbonyl (C=O) groups is 3. The summed E-state index contributed by atoms with van der Waals surface area (Å²) in [5.41, 5.74) is 1.70. The molecule has 2 aromatic heterocycles. The van der Waals surface area contributed by atoms with E-state index in [1.54, 1.807) is 74.1 Å². The van der Waals surface area contributed by atoms with Gasteiger partial charge in [-0.25, -0.2) is 4.90 Å². The number of benzene rings is 2. The molecule has 3 amide bonds. The van der Waals surface area contributed by atoms with Crippen molar-refractivity contribution < 1.29 is 19.1 Å². The lowest BCUT2D eigenvalue weighted by atomic mass is 9.84. The van der Waals surface area contributed by atoms with E-state index >= 15 is 0 Å². The van der Waals surface area contributed by atoms with Crippen LogP contribution in [0.1, 0.15) is 16.4 Å². The number of thioether (sulfide) groups is 1. The maximum Gasteiger partial charge on any atom is 0.308 e. The molecule has 1 N–H and O–H groups in total. The minimum atomic E-state index is -0.785. The zero-order valence-electron chi connectivity index (χ0n) is 20.9. The fourth-order valence-corrected chi connectivity index (χ4v) is 7.94. The lowest BCUT2D eigenvalue weighted by Gasteiger charge is -2.30. The molecule has 1 saturated heterocycles. The molecular formula is C28H21ClN4O5S2. The average molecular weight is 593 g/mol. The number of nitrogens with zero attached hydrogens (tertiary/aromatic N) is 3. The normalized spacial score (nSPS) is 19.8. The van der Waals surface area contributed by atoms with Gasteiger partial charge in [-0.05, 0) is 60.2 Å². The Balaban J connectivity index is 1.38. The fourth-order valence-electron chi connectivity index (χ4n) is 5.04. The Kier molecular flexibility index (Phi) is 6.95. The smallest absolute Gasteiger partial charge is 0.308 e. The van der Waals surface area contributed by atoms with Crippen molar-refractivity contribution in [2.45, 2.75) is 22.7 Å². The minimum Gasteiger partial charge on any atom is -0.497 e. The molecule has 1 fully saturated rings. The van der Waals surface area contributed by atoms with Crippen molar-refractivity contribution in [1.29, 1.82) is 0 Å². The predicted octanol–water partition coefficient (Wildman–Crippen LogP) is 4.40. The molecule has 0 spiro atoms. The zero-order chi connectivity index (χ0) is 28.0. The minimum absolute atomic E-state index is 0.248. The number of ether oxygens (including phenoxy) is 1. The quantitative estimate of drug-likeness (QED) is 0.330. The van der Waals surface area contributed by atoms with Crippen LogP contribution in [0.2, 0.25) is 5.02 Å². The summed E-state index contributed by atoms with van der Waals surface area (Å²) < 4.78 is 6.59. The van der Waals surface area contributed by atoms with Gasteiger partial charge in [0.2, 0.25) is 17.7 Å². The Morgan fingerprint density at radius 3 is 2.48 bits per heavy atom. The molecule has 0 saturated carbocycles. The van der Waals surface area contributed by atoms with Gasteiger partial charge in [0, 0.05) is 33.9 Å². The summed E-state index contributed by atoms with van der Waals surface area (Å²) in [7, 11) is 1.54. The number of aromatic nitrogens is 2. The summed E-state index contributed by atoms with van der Waals surface area (Å²) >= 11 is 8.08. The van der Waals surface area contributed by atoms with Crippen LogP contribution in [-0.2, 0) is 20.9 Å². The second-order valence-corrected chi connectivity index (χ2v) is 11.8. The summed E-state index contributed by atoms with van der Waals surface area (Å²) in [5.74, 6) is -1.84. The summed E-state index contributed by atoms with van der Waals surface area (Å²) in [5, 5.41) is 3.03. The molecule has 0 radical (unpaired) electrons.